The molecule has 6 heteroatoms. The molecule has 2 aliphatic rings. The van der Waals surface area contributed by atoms with Crippen molar-refractivity contribution in [3.8, 4) is 11.5 Å². The van der Waals surface area contributed by atoms with E-state index in [-0.39, 0.29) is 37.1 Å². The van der Waals surface area contributed by atoms with Crippen molar-refractivity contribution in [1.29, 1.82) is 0 Å². The van der Waals surface area contributed by atoms with E-state index < -0.39 is 0 Å². The highest BCUT2D eigenvalue weighted by Crippen LogP contribution is 2.31. The molecule has 3 aromatic carbocycles. The lowest BCUT2D eigenvalue weighted by atomic mass is 9.93. The van der Waals surface area contributed by atoms with Crippen molar-refractivity contribution in [2.45, 2.75) is 76.3 Å². The molecule has 0 unspecified atom stereocenters. The number of benzene rings is 3. The molecule has 0 aromatic heterocycles. The summed E-state index contributed by atoms with van der Waals surface area (Å²) in [6.07, 6.45) is 11.0. The minimum absolute atomic E-state index is 0.0727. The molecule has 0 bridgehead atoms. The van der Waals surface area contributed by atoms with E-state index in [4.69, 9.17) is 9.47 Å². The fraction of sp³-hybridized carbons (Fsp3) is 0.412. The Hall–Kier alpha value is -3.80. The van der Waals surface area contributed by atoms with E-state index in [9.17, 15) is 9.59 Å². The largest absolute Gasteiger partial charge is 0.480 e. The van der Waals surface area contributed by atoms with Gasteiger partial charge in [0.05, 0.1) is 0 Å². The molecule has 2 saturated carbocycles. The fourth-order valence-corrected chi connectivity index (χ4v) is 6.08. The summed E-state index contributed by atoms with van der Waals surface area (Å²) in [5, 5.41) is 0. The van der Waals surface area contributed by atoms with Gasteiger partial charge in [-0.25, -0.2) is 0 Å². The van der Waals surface area contributed by atoms with Gasteiger partial charge in [0, 0.05) is 23.5 Å². The fourth-order valence-electron chi connectivity index (χ4n) is 6.08. The highest BCUT2D eigenvalue weighted by atomic mass is 16.5. The third kappa shape index (κ3) is 7.04. The molecule has 2 amide bonds. The van der Waals surface area contributed by atoms with Gasteiger partial charge in [-0.1, -0.05) is 87.1 Å². The summed E-state index contributed by atoms with van der Waals surface area (Å²) in [5.41, 5.74) is 1.81. The number of rotatable bonds is 10. The molecule has 0 atom stereocenters. The number of amides is 2. The summed E-state index contributed by atoms with van der Waals surface area (Å²) in [5.74, 6) is 0.779. The number of hydrogen-bond acceptors (Lipinski definition) is 4. The van der Waals surface area contributed by atoms with Gasteiger partial charge in [0.1, 0.15) is 0 Å². The van der Waals surface area contributed by atoms with Gasteiger partial charge in [0.2, 0.25) is 0 Å². The monoisotopic (exact) mass is 540 g/mol. The van der Waals surface area contributed by atoms with Crippen molar-refractivity contribution in [2.24, 2.45) is 0 Å². The molecule has 0 radical (unpaired) electrons. The lowest BCUT2D eigenvalue weighted by Crippen LogP contribution is -2.44. The average Bonchev–Trinajstić information content (AvgIpc) is 3.02. The predicted molar refractivity (Wildman–Crippen MR) is 159 cm³/mol. The van der Waals surface area contributed by atoms with Gasteiger partial charge in [-0.05, 0) is 62.1 Å². The first-order valence-corrected chi connectivity index (χ1v) is 14.8. The number of para-hydroxylation sites is 4. The second kappa shape index (κ2) is 14.0. The zero-order valence-corrected chi connectivity index (χ0v) is 23.3. The van der Waals surface area contributed by atoms with Crippen LogP contribution < -0.4 is 19.3 Å². The topological polar surface area (TPSA) is 59.1 Å². The van der Waals surface area contributed by atoms with Crippen LogP contribution in [0.5, 0.6) is 11.5 Å². The lowest BCUT2D eigenvalue weighted by Gasteiger charge is -2.34. The number of nitrogens with zero attached hydrogens (tertiary/aromatic N) is 2. The van der Waals surface area contributed by atoms with Gasteiger partial charge < -0.3 is 19.3 Å². The Morgan fingerprint density at radius 1 is 0.525 bits per heavy atom. The second-order valence-electron chi connectivity index (χ2n) is 10.8. The Labute approximate surface area is 237 Å². The molecule has 0 spiro atoms. The Morgan fingerprint density at radius 2 is 0.875 bits per heavy atom. The Kier molecular flexibility index (Phi) is 9.72. The predicted octanol–water partition coefficient (Wildman–Crippen LogP) is 7.18. The molecule has 0 aliphatic heterocycles. The third-order valence-corrected chi connectivity index (χ3v) is 8.04. The first-order valence-electron chi connectivity index (χ1n) is 14.8. The maximum Gasteiger partial charge on any atom is 0.265 e. The molecule has 0 saturated heterocycles. The maximum atomic E-state index is 13.5. The van der Waals surface area contributed by atoms with Crippen molar-refractivity contribution >= 4 is 23.2 Å². The summed E-state index contributed by atoms with van der Waals surface area (Å²) >= 11 is 0. The van der Waals surface area contributed by atoms with Crippen molar-refractivity contribution in [3.05, 3.63) is 84.9 Å². The van der Waals surface area contributed by atoms with Gasteiger partial charge in [-0.15, -0.1) is 0 Å². The van der Waals surface area contributed by atoms with Crippen molar-refractivity contribution in [3.63, 3.8) is 0 Å². The average molecular weight is 541 g/mol. The summed E-state index contributed by atoms with van der Waals surface area (Å²) in [4.78, 5) is 30.9. The SMILES string of the molecule is O=C(COc1ccccc1OCC(=O)N(c1ccccc1)C1CCCCC1)N(c1ccccc1)C1CCCCC1. The lowest BCUT2D eigenvalue weighted by molar-refractivity contribution is -0.122. The van der Waals surface area contributed by atoms with Gasteiger partial charge in [0.25, 0.3) is 11.8 Å². The van der Waals surface area contributed by atoms with E-state index in [1.165, 1.54) is 12.8 Å². The maximum absolute atomic E-state index is 13.5. The van der Waals surface area contributed by atoms with Crippen LogP contribution >= 0.6 is 0 Å². The number of carbonyl (C=O) groups is 2. The van der Waals surface area contributed by atoms with E-state index in [0.717, 1.165) is 62.7 Å². The highest BCUT2D eigenvalue weighted by Gasteiger charge is 2.29. The van der Waals surface area contributed by atoms with Crippen molar-refractivity contribution in [1.82, 2.24) is 0 Å². The van der Waals surface area contributed by atoms with Crippen LogP contribution in [0.25, 0.3) is 0 Å². The number of anilines is 2. The summed E-state index contributed by atoms with van der Waals surface area (Å²) in [7, 11) is 0. The molecule has 3 aromatic rings. The highest BCUT2D eigenvalue weighted by molar-refractivity contribution is 5.96. The Bertz CT molecular complexity index is 1120. The van der Waals surface area contributed by atoms with Crippen LogP contribution in [0.3, 0.4) is 0 Å². The third-order valence-electron chi connectivity index (χ3n) is 8.04. The van der Waals surface area contributed by atoms with Crippen LogP contribution in [0.1, 0.15) is 64.2 Å². The number of hydrogen-bond donors (Lipinski definition) is 0. The number of carbonyl (C=O) groups excluding carboxylic acids is 2. The summed E-state index contributed by atoms with van der Waals surface area (Å²) in [6, 6.07) is 27.4. The summed E-state index contributed by atoms with van der Waals surface area (Å²) < 4.78 is 12.1. The van der Waals surface area contributed by atoms with E-state index in [0.29, 0.717) is 11.5 Å². The molecule has 40 heavy (non-hydrogen) atoms. The van der Waals surface area contributed by atoms with Gasteiger partial charge >= 0.3 is 0 Å². The van der Waals surface area contributed by atoms with Crippen LogP contribution in [0.15, 0.2) is 84.9 Å². The molecule has 2 fully saturated rings. The Morgan fingerprint density at radius 3 is 1.25 bits per heavy atom. The zero-order valence-electron chi connectivity index (χ0n) is 23.3. The molecule has 2 aliphatic carbocycles. The Balaban J connectivity index is 1.25. The van der Waals surface area contributed by atoms with E-state index >= 15 is 0 Å². The molecule has 5 rings (SSSR count). The van der Waals surface area contributed by atoms with Crippen LogP contribution in [0.4, 0.5) is 11.4 Å². The first kappa shape index (κ1) is 27.8. The van der Waals surface area contributed by atoms with Gasteiger partial charge in [-0.3, -0.25) is 9.59 Å². The molecule has 0 heterocycles. The first-order chi connectivity index (χ1) is 19.7. The molecule has 0 N–H and O–H groups in total. The van der Waals surface area contributed by atoms with E-state index in [1.54, 1.807) is 12.1 Å². The number of ether oxygens (including phenoxy) is 2. The smallest absolute Gasteiger partial charge is 0.265 e. The second-order valence-corrected chi connectivity index (χ2v) is 10.8. The van der Waals surface area contributed by atoms with Crippen LogP contribution in [0.2, 0.25) is 0 Å². The molecule has 6 nitrogen and oxygen atoms in total. The molecule has 210 valence electrons. The normalized spacial score (nSPS) is 16.2. The van der Waals surface area contributed by atoms with Gasteiger partial charge in [-0.2, -0.15) is 0 Å². The van der Waals surface area contributed by atoms with E-state index in [1.807, 2.05) is 82.6 Å². The van der Waals surface area contributed by atoms with Crippen LogP contribution in [-0.2, 0) is 9.59 Å². The van der Waals surface area contributed by atoms with Crippen LogP contribution in [0, 0.1) is 0 Å². The van der Waals surface area contributed by atoms with E-state index in [2.05, 4.69) is 0 Å². The standard InChI is InChI=1S/C34H40N2O4/c37-33(35(27-15-5-1-6-16-27)28-17-7-2-8-18-28)25-39-31-23-13-14-24-32(31)40-26-34(38)36(29-19-9-3-10-20-29)30-21-11-4-12-22-30/h1,3,5-6,9-10,13-16,19-20,23-24,28,30H,2,4,7-8,11-12,17-18,21-22,25-26H2. The van der Waals surface area contributed by atoms with Gasteiger partial charge in [0.15, 0.2) is 24.7 Å². The van der Waals surface area contributed by atoms with Crippen molar-refractivity contribution in [2.75, 3.05) is 23.0 Å². The quantitative estimate of drug-likeness (QED) is 0.273. The van der Waals surface area contributed by atoms with Crippen molar-refractivity contribution < 1.29 is 19.1 Å². The zero-order chi connectivity index (χ0) is 27.6. The molecular formula is C34H40N2O4. The molecular weight excluding hydrogens is 500 g/mol. The minimum Gasteiger partial charge on any atom is -0.480 e. The van der Waals surface area contributed by atoms with Crippen LogP contribution in [-0.4, -0.2) is 37.1 Å². The summed E-state index contributed by atoms with van der Waals surface area (Å²) in [6.45, 7) is -0.199. The minimum atomic E-state index is -0.0993.